The summed E-state index contributed by atoms with van der Waals surface area (Å²) in [6.45, 7) is 3.62. The Hall–Kier alpha value is -0.920. The van der Waals surface area contributed by atoms with E-state index in [1.54, 1.807) is 29.0 Å². The molecule has 2 heterocycles. The van der Waals surface area contributed by atoms with Crippen LogP contribution in [-0.4, -0.2) is 41.9 Å². The number of rotatable bonds is 4. The first-order valence-corrected chi connectivity index (χ1v) is 8.09. The van der Waals surface area contributed by atoms with Crippen molar-refractivity contribution in [1.29, 1.82) is 0 Å². The first kappa shape index (κ1) is 14.5. The number of imidazole rings is 1. The van der Waals surface area contributed by atoms with Crippen LogP contribution in [0.2, 0.25) is 0 Å². The second kappa shape index (κ2) is 5.60. The molecule has 1 fully saturated rings. The smallest absolute Gasteiger partial charge is 0.262 e. The van der Waals surface area contributed by atoms with Gasteiger partial charge in [0.05, 0.1) is 0 Å². The van der Waals surface area contributed by atoms with E-state index in [0.717, 1.165) is 19.3 Å². The molecule has 0 radical (unpaired) electrons. The van der Waals surface area contributed by atoms with Crippen LogP contribution in [0.4, 0.5) is 0 Å². The average Bonchev–Trinajstić information content (AvgIpc) is 2.71. The van der Waals surface area contributed by atoms with Crippen LogP contribution in [0.25, 0.3) is 0 Å². The fourth-order valence-corrected chi connectivity index (χ4v) is 3.95. The van der Waals surface area contributed by atoms with Gasteiger partial charge in [0.25, 0.3) is 10.0 Å². The van der Waals surface area contributed by atoms with Gasteiger partial charge in [-0.15, -0.1) is 0 Å². The molecule has 0 atom stereocenters. The number of hydrogen-bond donors (Lipinski definition) is 1. The Kier molecular flexibility index (Phi) is 4.27. The third-order valence-corrected chi connectivity index (χ3v) is 5.61. The largest absolute Gasteiger partial charge is 0.337 e. The van der Waals surface area contributed by atoms with E-state index in [9.17, 15) is 8.42 Å². The monoisotopic (exact) mass is 286 g/mol. The van der Waals surface area contributed by atoms with Crippen LogP contribution in [-0.2, 0) is 17.1 Å². The first-order valence-electron chi connectivity index (χ1n) is 6.65. The summed E-state index contributed by atoms with van der Waals surface area (Å²) in [5.74, 6) is 1.26. The van der Waals surface area contributed by atoms with E-state index in [1.165, 1.54) is 0 Å². The first-order chi connectivity index (χ1) is 8.95. The summed E-state index contributed by atoms with van der Waals surface area (Å²) in [4.78, 5) is 4.13. The minimum atomic E-state index is -3.43. The summed E-state index contributed by atoms with van der Waals surface area (Å²) in [6.07, 6.45) is 4.34. The van der Waals surface area contributed by atoms with Crippen molar-refractivity contribution in [2.45, 2.75) is 31.2 Å². The molecule has 7 heteroatoms. The zero-order valence-electron chi connectivity index (χ0n) is 11.5. The molecule has 0 aromatic carbocycles. The van der Waals surface area contributed by atoms with E-state index >= 15 is 0 Å². The molecular formula is C12H22N4O2S. The Morgan fingerprint density at radius 3 is 2.53 bits per heavy atom. The van der Waals surface area contributed by atoms with Gasteiger partial charge < -0.3 is 10.3 Å². The van der Waals surface area contributed by atoms with Crippen molar-refractivity contribution in [3.05, 3.63) is 12.0 Å². The van der Waals surface area contributed by atoms with Crippen LogP contribution in [0.1, 0.15) is 25.1 Å². The molecule has 1 aliphatic rings. The highest BCUT2D eigenvalue weighted by Crippen LogP contribution is 2.24. The van der Waals surface area contributed by atoms with E-state index in [-0.39, 0.29) is 5.03 Å². The predicted octanol–water partition coefficient (Wildman–Crippen LogP) is 0.478. The number of hydrogen-bond acceptors (Lipinski definition) is 4. The molecule has 1 aromatic heterocycles. The standard InChI is InChI=1S/C12H22N4O2S/c1-10-14-12(9-15(10)2)19(17,18)16-7-4-11(3-6-13)5-8-16/h9,11H,3-8,13H2,1-2H3. The molecule has 1 saturated heterocycles. The van der Waals surface area contributed by atoms with Crippen molar-refractivity contribution in [1.82, 2.24) is 13.9 Å². The fourth-order valence-electron chi connectivity index (χ4n) is 2.46. The third-order valence-electron chi connectivity index (χ3n) is 3.84. The van der Waals surface area contributed by atoms with E-state index in [1.807, 2.05) is 0 Å². The zero-order valence-corrected chi connectivity index (χ0v) is 12.4. The molecule has 0 amide bonds. The van der Waals surface area contributed by atoms with Crippen molar-refractivity contribution in [2.75, 3.05) is 19.6 Å². The van der Waals surface area contributed by atoms with Crippen LogP contribution in [0.15, 0.2) is 11.2 Å². The minimum absolute atomic E-state index is 0.157. The maximum Gasteiger partial charge on any atom is 0.262 e. The van der Waals surface area contributed by atoms with Crippen molar-refractivity contribution in [2.24, 2.45) is 18.7 Å². The van der Waals surface area contributed by atoms with Gasteiger partial charge in [0, 0.05) is 26.3 Å². The molecule has 19 heavy (non-hydrogen) atoms. The molecule has 0 bridgehead atoms. The topological polar surface area (TPSA) is 81.2 Å². The highest BCUT2D eigenvalue weighted by atomic mass is 32.2. The number of aromatic nitrogens is 2. The lowest BCUT2D eigenvalue weighted by Crippen LogP contribution is -2.39. The van der Waals surface area contributed by atoms with Gasteiger partial charge in [0.1, 0.15) is 5.82 Å². The van der Waals surface area contributed by atoms with Gasteiger partial charge in [0.2, 0.25) is 0 Å². The zero-order chi connectivity index (χ0) is 14.0. The van der Waals surface area contributed by atoms with Gasteiger partial charge >= 0.3 is 0 Å². The van der Waals surface area contributed by atoms with E-state index in [2.05, 4.69) is 4.98 Å². The van der Waals surface area contributed by atoms with Crippen LogP contribution < -0.4 is 5.73 Å². The van der Waals surface area contributed by atoms with Gasteiger partial charge in [-0.25, -0.2) is 13.4 Å². The second-order valence-electron chi connectivity index (χ2n) is 5.16. The fraction of sp³-hybridized carbons (Fsp3) is 0.750. The second-order valence-corrected chi connectivity index (χ2v) is 7.05. The van der Waals surface area contributed by atoms with Crippen LogP contribution in [0, 0.1) is 12.8 Å². The lowest BCUT2D eigenvalue weighted by molar-refractivity contribution is 0.265. The van der Waals surface area contributed by atoms with Crippen molar-refractivity contribution < 1.29 is 8.42 Å². The summed E-state index contributed by atoms with van der Waals surface area (Å²) in [5, 5.41) is 0.157. The summed E-state index contributed by atoms with van der Waals surface area (Å²) >= 11 is 0. The Labute approximate surface area is 114 Å². The molecule has 0 spiro atoms. The van der Waals surface area contributed by atoms with Gasteiger partial charge in [-0.2, -0.15) is 4.31 Å². The lowest BCUT2D eigenvalue weighted by Gasteiger charge is -2.30. The summed E-state index contributed by atoms with van der Waals surface area (Å²) in [5.41, 5.74) is 5.55. The molecule has 108 valence electrons. The minimum Gasteiger partial charge on any atom is -0.337 e. The summed E-state index contributed by atoms with van der Waals surface area (Å²) in [7, 11) is -1.63. The number of nitrogens with two attached hydrogens (primary N) is 1. The summed E-state index contributed by atoms with van der Waals surface area (Å²) in [6, 6.07) is 0. The Bertz CT molecular complexity index is 510. The number of piperidine rings is 1. The third kappa shape index (κ3) is 2.98. The molecule has 1 aromatic rings. The SMILES string of the molecule is Cc1nc(S(=O)(=O)N2CCC(CCN)CC2)cn1C. The number of nitrogens with zero attached hydrogens (tertiary/aromatic N) is 3. The van der Waals surface area contributed by atoms with Crippen molar-refractivity contribution >= 4 is 10.0 Å². The maximum atomic E-state index is 12.4. The molecule has 0 aliphatic carbocycles. The molecular weight excluding hydrogens is 264 g/mol. The normalized spacial score (nSPS) is 18.9. The summed E-state index contributed by atoms with van der Waals surface area (Å²) < 4.78 is 28.2. The van der Waals surface area contributed by atoms with Gasteiger partial charge in [-0.3, -0.25) is 0 Å². The molecule has 1 aliphatic heterocycles. The Balaban J connectivity index is 2.09. The quantitative estimate of drug-likeness (QED) is 0.873. The van der Waals surface area contributed by atoms with E-state index < -0.39 is 10.0 Å². The predicted molar refractivity (Wildman–Crippen MR) is 73.1 cm³/mol. The molecule has 2 rings (SSSR count). The maximum absolute atomic E-state index is 12.4. The molecule has 2 N–H and O–H groups in total. The lowest BCUT2D eigenvalue weighted by atomic mass is 9.95. The Morgan fingerprint density at radius 2 is 2.05 bits per heavy atom. The average molecular weight is 286 g/mol. The van der Waals surface area contributed by atoms with Crippen LogP contribution in [0.3, 0.4) is 0 Å². The highest BCUT2D eigenvalue weighted by Gasteiger charge is 2.30. The van der Waals surface area contributed by atoms with Crippen LogP contribution >= 0.6 is 0 Å². The number of sulfonamides is 1. The van der Waals surface area contributed by atoms with E-state index in [4.69, 9.17) is 5.73 Å². The Morgan fingerprint density at radius 1 is 1.42 bits per heavy atom. The van der Waals surface area contributed by atoms with Crippen molar-refractivity contribution in [3.63, 3.8) is 0 Å². The highest BCUT2D eigenvalue weighted by molar-refractivity contribution is 7.89. The number of aryl methyl sites for hydroxylation is 2. The molecule has 0 unspecified atom stereocenters. The van der Waals surface area contributed by atoms with Gasteiger partial charge in [-0.05, 0) is 38.6 Å². The van der Waals surface area contributed by atoms with Gasteiger partial charge in [-0.1, -0.05) is 0 Å². The van der Waals surface area contributed by atoms with Crippen LogP contribution in [0.5, 0.6) is 0 Å². The van der Waals surface area contributed by atoms with E-state index in [0.29, 0.717) is 31.4 Å². The van der Waals surface area contributed by atoms with Gasteiger partial charge in [0.15, 0.2) is 5.03 Å². The van der Waals surface area contributed by atoms with Crippen molar-refractivity contribution in [3.8, 4) is 0 Å². The molecule has 6 nitrogen and oxygen atoms in total. The molecule has 0 saturated carbocycles.